The molecule has 1 amide bonds. The van der Waals surface area contributed by atoms with Crippen LogP contribution in [-0.4, -0.2) is 40.3 Å². The Bertz CT molecular complexity index is 552. The highest BCUT2D eigenvalue weighted by Crippen LogP contribution is 2.22. The molecule has 0 fully saturated rings. The molecule has 1 aromatic carbocycles. The van der Waals surface area contributed by atoms with Crippen LogP contribution in [0.15, 0.2) is 18.2 Å². The number of hydroxylamine groups is 2. The highest BCUT2D eigenvalue weighted by Gasteiger charge is 2.18. The molecule has 5 heteroatoms. The van der Waals surface area contributed by atoms with Crippen molar-refractivity contribution in [2.75, 3.05) is 21.3 Å². The quantitative estimate of drug-likeness (QED) is 0.488. The number of hydrogen-bond acceptors (Lipinski definition) is 3. The fourth-order valence-electron chi connectivity index (χ4n) is 1.51. The van der Waals surface area contributed by atoms with Crippen molar-refractivity contribution in [1.82, 2.24) is 5.06 Å². The van der Waals surface area contributed by atoms with Gasteiger partial charge < -0.3 is 4.74 Å². The standard InChI is InChI=1S/C15H21NO3Si/c1-16(19-3)15(17)13-8-7-9-14(18-2)12(13)10-11-20(4,5)6/h7-9H,1-6H3. The van der Waals surface area contributed by atoms with E-state index in [1.807, 2.05) is 0 Å². The summed E-state index contributed by atoms with van der Waals surface area (Å²) in [6.45, 7) is 6.45. The predicted octanol–water partition coefficient (Wildman–Crippen LogP) is 2.56. The summed E-state index contributed by atoms with van der Waals surface area (Å²) < 4.78 is 5.32. The maximum absolute atomic E-state index is 12.3. The van der Waals surface area contributed by atoms with Gasteiger partial charge in [-0.2, -0.15) is 0 Å². The Hall–Kier alpha value is -1.77. The first kappa shape index (κ1) is 16.3. The van der Waals surface area contributed by atoms with Crippen molar-refractivity contribution in [2.24, 2.45) is 0 Å². The number of benzene rings is 1. The van der Waals surface area contributed by atoms with Gasteiger partial charge in [0.05, 0.1) is 25.3 Å². The monoisotopic (exact) mass is 291 g/mol. The van der Waals surface area contributed by atoms with Crippen LogP contribution < -0.4 is 4.74 Å². The Morgan fingerprint density at radius 2 is 1.90 bits per heavy atom. The molecule has 1 aromatic rings. The molecule has 0 saturated carbocycles. The molecule has 0 heterocycles. The highest BCUT2D eigenvalue weighted by molar-refractivity contribution is 6.83. The summed E-state index contributed by atoms with van der Waals surface area (Å²) in [6, 6.07) is 5.31. The summed E-state index contributed by atoms with van der Waals surface area (Å²) in [5.74, 6) is 3.47. The predicted molar refractivity (Wildman–Crippen MR) is 82.3 cm³/mol. The second-order valence-corrected chi connectivity index (χ2v) is 10.1. The molecule has 4 nitrogen and oxygen atoms in total. The number of ether oxygens (including phenoxy) is 1. The van der Waals surface area contributed by atoms with E-state index in [0.29, 0.717) is 16.9 Å². The molecule has 0 spiro atoms. The molecule has 20 heavy (non-hydrogen) atoms. The third-order valence-corrected chi connectivity index (χ3v) is 3.47. The molecule has 0 saturated heterocycles. The number of methoxy groups -OCH3 is 1. The van der Waals surface area contributed by atoms with Crippen LogP contribution in [0.5, 0.6) is 5.75 Å². The molecule has 0 radical (unpaired) electrons. The molecule has 0 aliphatic heterocycles. The van der Waals surface area contributed by atoms with Crippen LogP contribution in [0, 0.1) is 11.5 Å². The third-order valence-electron chi connectivity index (χ3n) is 2.60. The maximum Gasteiger partial charge on any atom is 0.278 e. The molecule has 0 unspecified atom stereocenters. The van der Waals surface area contributed by atoms with E-state index >= 15 is 0 Å². The number of carbonyl (C=O) groups is 1. The van der Waals surface area contributed by atoms with Gasteiger partial charge in [0.15, 0.2) is 0 Å². The van der Waals surface area contributed by atoms with Crippen molar-refractivity contribution >= 4 is 14.0 Å². The van der Waals surface area contributed by atoms with E-state index in [1.165, 1.54) is 12.2 Å². The fourth-order valence-corrected chi connectivity index (χ4v) is 2.01. The summed E-state index contributed by atoms with van der Waals surface area (Å²) in [7, 11) is 3.05. The van der Waals surface area contributed by atoms with Crippen molar-refractivity contribution in [2.45, 2.75) is 19.6 Å². The number of nitrogens with zero attached hydrogens (tertiary/aromatic N) is 1. The summed E-state index contributed by atoms with van der Waals surface area (Å²) in [4.78, 5) is 17.2. The van der Waals surface area contributed by atoms with E-state index in [-0.39, 0.29) is 5.91 Å². The van der Waals surface area contributed by atoms with Crippen molar-refractivity contribution in [1.29, 1.82) is 0 Å². The third kappa shape index (κ3) is 4.12. The Morgan fingerprint density at radius 3 is 2.40 bits per heavy atom. The molecule has 0 atom stereocenters. The molecular weight excluding hydrogens is 270 g/mol. The van der Waals surface area contributed by atoms with Crippen molar-refractivity contribution in [3.63, 3.8) is 0 Å². The van der Waals surface area contributed by atoms with Crippen LogP contribution in [0.4, 0.5) is 0 Å². The lowest BCUT2D eigenvalue weighted by atomic mass is 10.1. The van der Waals surface area contributed by atoms with Crippen LogP contribution in [0.25, 0.3) is 0 Å². The van der Waals surface area contributed by atoms with Crippen LogP contribution in [0.2, 0.25) is 19.6 Å². The van der Waals surface area contributed by atoms with Gasteiger partial charge in [0.2, 0.25) is 0 Å². The van der Waals surface area contributed by atoms with E-state index in [2.05, 4.69) is 31.1 Å². The second kappa shape index (κ2) is 6.59. The highest BCUT2D eigenvalue weighted by atomic mass is 28.3. The molecule has 0 aliphatic rings. The lowest BCUT2D eigenvalue weighted by molar-refractivity contribution is -0.0757. The van der Waals surface area contributed by atoms with Gasteiger partial charge in [-0.15, -0.1) is 5.54 Å². The maximum atomic E-state index is 12.3. The van der Waals surface area contributed by atoms with Crippen molar-refractivity contribution in [3.8, 4) is 17.2 Å². The van der Waals surface area contributed by atoms with Crippen molar-refractivity contribution < 1.29 is 14.4 Å². The van der Waals surface area contributed by atoms with E-state index in [4.69, 9.17) is 9.57 Å². The smallest absolute Gasteiger partial charge is 0.278 e. The topological polar surface area (TPSA) is 38.8 Å². The van der Waals surface area contributed by atoms with Crippen LogP contribution in [-0.2, 0) is 4.84 Å². The molecular formula is C15H21NO3Si. The first-order chi connectivity index (χ1) is 9.30. The van der Waals surface area contributed by atoms with Crippen LogP contribution in [0.1, 0.15) is 15.9 Å². The van der Waals surface area contributed by atoms with E-state index in [0.717, 1.165) is 0 Å². The molecule has 0 bridgehead atoms. The lowest BCUT2D eigenvalue weighted by Gasteiger charge is -2.16. The minimum atomic E-state index is -1.54. The van der Waals surface area contributed by atoms with Gasteiger partial charge in [-0.1, -0.05) is 31.6 Å². The molecule has 108 valence electrons. The van der Waals surface area contributed by atoms with E-state index in [9.17, 15) is 4.79 Å². The van der Waals surface area contributed by atoms with Crippen LogP contribution >= 0.6 is 0 Å². The normalized spacial score (nSPS) is 10.5. The average Bonchev–Trinajstić information content (AvgIpc) is 2.42. The molecule has 0 N–H and O–H groups in total. The zero-order valence-corrected chi connectivity index (χ0v) is 13.9. The van der Waals surface area contributed by atoms with Gasteiger partial charge in [-0.3, -0.25) is 9.63 Å². The summed E-state index contributed by atoms with van der Waals surface area (Å²) >= 11 is 0. The lowest BCUT2D eigenvalue weighted by Crippen LogP contribution is -2.26. The molecule has 0 aromatic heterocycles. The van der Waals surface area contributed by atoms with Crippen molar-refractivity contribution in [3.05, 3.63) is 29.3 Å². The van der Waals surface area contributed by atoms with E-state index < -0.39 is 8.07 Å². The number of amides is 1. The van der Waals surface area contributed by atoms with Gasteiger partial charge in [-0.25, -0.2) is 5.06 Å². The average molecular weight is 291 g/mol. The van der Waals surface area contributed by atoms with Gasteiger partial charge in [-0.05, 0) is 12.1 Å². The molecule has 0 aliphatic carbocycles. The first-order valence-electron chi connectivity index (χ1n) is 6.32. The largest absolute Gasteiger partial charge is 0.495 e. The minimum Gasteiger partial charge on any atom is -0.495 e. The van der Waals surface area contributed by atoms with Crippen LogP contribution in [0.3, 0.4) is 0 Å². The Balaban J connectivity index is 3.38. The van der Waals surface area contributed by atoms with Gasteiger partial charge >= 0.3 is 0 Å². The summed E-state index contributed by atoms with van der Waals surface area (Å²) in [6.07, 6.45) is 0. The zero-order chi connectivity index (χ0) is 15.3. The Kier molecular flexibility index (Phi) is 5.37. The number of hydrogen-bond donors (Lipinski definition) is 0. The van der Waals surface area contributed by atoms with Gasteiger partial charge in [0.25, 0.3) is 5.91 Å². The summed E-state index contributed by atoms with van der Waals surface area (Å²) in [5.41, 5.74) is 4.36. The van der Waals surface area contributed by atoms with Gasteiger partial charge in [0.1, 0.15) is 13.8 Å². The first-order valence-corrected chi connectivity index (χ1v) is 9.82. The van der Waals surface area contributed by atoms with E-state index in [1.54, 1.807) is 32.4 Å². The summed E-state index contributed by atoms with van der Waals surface area (Å²) in [5, 5.41) is 1.18. The van der Waals surface area contributed by atoms with Gasteiger partial charge in [0, 0.05) is 7.05 Å². The fraction of sp³-hybridized carbons (Fsp3) is 0.400. The SMILES string of the molecule is COc1cccc(C(=O)N(C)OC)c1C#C[Si](C)(C)C. The zero-order valence-electron chi connectivity index (χ0n) is 12.9. The number of carbonyl (C=O) groups excluding carboxylic acids is 1. The Morgan fingerprint density at radius 1 is 1.25 bits per heavy atom. The Labute approximate surface area is 121 Å². The number of rotatable bonds is 3. The minimum absolute atomic E-state index is 0.244. The second-order valence-electron chi connectivity index (χ2n) is 5.37. The molecule has 1 rings (SSSR count).